The summed E-state index contributed by atoms with van der Waals surface area (Å²) in [6, 6.07) is 7.87. The summed E-state index contributed by atoms with van der Waals surface area (Å²) in [5, 5.41) is 13.7. The number of nitrogens with one attached hydrogen (secondary N) is 1. The van der Waals surface area contributed by atoms with Crippen LogP contribution in [0.15, 0.2) is 55.4 Å². The number of carbonyl (C=O) groups excluding carboxylic acids is 1. The highest BCUT2D eigenvalue weighted by Crippen LogP contribution is 2.24. The van der Waals surface area contributed by atoms with Crippen molar-refractivity contribution in [3.05, 3.63) is 65.5 Å². The normalized spacial score (nSPS) is 14.6. The maximum absolute atomic E-state index is 12.6. The Hall–Kier alpha value is -3.82. The van der Waals surface area contributed by atoms with E-state index in [1.165, 1.54) is 18.5 Å². The lowest BCUT2D eigenvalue weighted by Gasteiger charge is -2.32. The van der Waals surface area contributed by atoms with Crippen LogP contribution < -0.4 is 10.2 Å². The molecule has 0 atom stereocenters. The summed E-state index contributed by atoms with van der Waals surface area (Å²) in [6.07, 6.45) is 8.04. The number of nitro groups is 1. The summed E-state index contributed by atoms with van der Waals surface area (Å²) in [6.45, 7) is 1.38. The van der Waals surface area contributed by atoms with Gasteiger partial charge in [0, 0.05) is 55.3 Å². The van der Waals surface area contributed by atoms with Crippen LogP contribution in [0.5, 0.6) is 0 Å². The van der Waals surface area contributed by atoms with Gasteiger partial charge in [0.2, 0.25) is 5.91 Å². The third-order valence-corrected chi connectivity index (χ3v) is 4.92. The van der Waals surface area contributed by atoms with Gasteiger partial charge in [0.25, 0.3) is 5.69 Å². The minimum Gasteiger partial charge on any atom is -0.356 e. The van der Waals surface area contributed by atoms with Gasteiger partial charge in [0.15, 0.2) is 0 Å². The lowest BCUT2D eigenvalue weighted by Crippen LogP contribution is -2.38. The highest BCUT2D eigenvalue weighted by molar-refractivity contribution is 5.93. The smallest absolute Gasteiger partial charge is 0.271 e. The fraction of sp³-hybridized carbons (Fsp3) is 0.263. The van der Waals surface area contributed by atoms with Crippen LogP contribution in [0.4, 0.5) is 17.2 Å². The van der Waals surface area contributed by atoms with Crippen LogP contribution in [-0.4, -0.2) is 43.4 Å². The summed E-state index contributed by atoms with van der Waals surface area (Å²) in [4.78, 5) is 37.7. The molecule has 10 heteroatoms. The number of amides is 1. The second-order valence-electron chi connectivity index (χ2n) is 6.76. The van der Waals surface area contributed by atoms with Crippen molar-refractivity contribution >= 4 is 23.1 Å². The lowest BCUT2D eigenvalue weighted by molar-refractivity contribution is -0.384. The molecule has 0 aliphatic carbocycles. The Morgan fingerprint density at radius 2 is 1.97 bits per heavy atom. The number of piperidine rings is 1. The molecule has 29 heavy (non-hydrogen) atoms. The molecule has 1 aromatic carbocycles. The Morgan fingerprint density at radius 3 is 2.69 bits per heavy atom. The third kappa shape index (κ3) is 4.21. The average Bonchev–Trinajstić information content (AvgIpc) is 3.29. The highest BCUT2D eigenvalue weighted by Gasteiger charge is 2.26. The van der Waals surface area contributed by atoms with Gasteiger partial charge in [-0.2, -0.15) is 0 Å². The second-order valence-corrected chi connectivity index (χ2v) is 6.76. The maximum Gasteiger partial charge on any atom is 0.271 e. The van der Waals surface area contributed by atoms with E-state index in [2.05, 4.69) is 25.2 Å². The number of imidazole rings is 1. The zero-order valence-corrected chi connectivity index (χ0v) is 15.5. The van der Waals surface area contributed by atoms with Crippen LogP contribution in [-0.2, 0) is 4.79 Å². The first-order valence-corrected chi connectivity index (χ1v) is 9.21. The van der Waals surface area contributed by atoms with Crippen LogP contribution in [0.2, 0.25) is 0 Å². The van der Waals surface area contributed by atoms with Crippen molar-refractivity contribution in [3.8, 4) is 5.82 Å². The molecule has 1 N–H and O–H groups in total. The van der Waals surface area contributed by atoms with Gasteiger partial charge in [-0.25, -0.2) is 15.0 Å². The van der Waals surface area contributed by atoms with E-state index in [4.69, 9.17) is 0 Å². The number of hydrogen-bond acceptors (Lipinski definition) is 7. The zero-order chi connectivity index (χ0) is 20.2. The zero-order valence-electron chi connectivity index (χ0n) is 15.5. The quantitative estimate of drug-likeness (QED) is 0.522. The van der Waals surface area contributed by atoms with Crippen LogP contribution in [0.25, 0.3) is 5.82 Å². The van der Waals surface area contributed by atoms with Gasteiger partial charge in [-0.05, 0) is 18.9 Å². The van der Waals surface area contributed by atoms with Crippen molar-refractivity contribution in [1.82, 2.24) is 19.5 Å². The summed E-state index contributed by atoms with van der Waals surface area (Å²) < 4.78 is 1.81. The molecule has 1 saturated heterocycles. The topological polar surface area (TPSA) is 119 Å². The number of anilines is 2. The molecule has 0 bridgehead atoms. The van der Waals surface area contributed by atoms with Gasteiger partial charge < -0.3 is 10.2 Å². The van der Waals surface area contributed by atoms with Gasteiger partial charge in [-0.15, -0.1) is 0 Å². The Bertz CT molecular complexity index is 1010. The van der Waals surface area contributed by atoms with Crippen LogP contribution in [0, 0.1) is 16.0 Å². The van der Waals surface area contributed by atoms with E-state index >= 15 is 0 Å². The van der Waals surface area contributed by atoms with Crippen molar-refractivity contribution in [1.29, 1.82) is 0 Å². The number of rotatable bonds is 5. The van der Waals surface area contributed by atoms with E-state index in [0.717, 1.165) is 11.6 Å². The van der Waals surface area contributed by atoms with Crippen molar-refractivity contribution < 1.29 is 9.72 Å². The van der Waals surface area contributed by atoms with Gasteiger partial charge in [-0.1, -0.05) is 6.07 Å². The van der Waals surface area contributed by atoms with E-state index in [1.54, 1.807) is 24.7 Å². The van der Waals surface area contributed by atoms with Crippen molar-refractivity contribution in [2.24, 2.45) is 5.92 Å². The predicted molar refractivity (Wildman–Crippen MR) is 106 cm³/mol. The highest BCUT2D eigenvalue weighted by atomic mass is 16.6. The fourth-order valence-corrected chi connectivity index (χ4v) is 3.36. The SMILES string of the molecule is O=C(Nc1cccc([N+](=O)[O-])c1)C1CCN(c2cc(-n3ccnc3)ncn2)CC1. The van der Waals surface area contributed by atoms with E-state index in [-0.39, 0.29) is 17.5 Å². The molecule has 4 rings (SSSR count). The van der Waals surface area contributed by atoms with E-state index in [9.17, 15) is 14.9 Å². The van der Waals surface area contributed by atoms with Crippen LogP contribution in [0.3, 0.4) is 0 Å². The van der Waals surface area contributed by atoms with Gasteiger partial charge >= 0.3 is 0 Å². The Morgan fingerprint density at radius 1 is 1.17 bits per heavy atom. The average molecular weight is 393 g/mol. The summed E-state index contributed by atoms with van der Waals surface area (Å²) in [5.41, 5.74) is 0.391. The molecule has 0 radical (unpaired) electrons. The monoisotopic (exact) mass is 393 g/mol. The Labute approximate surface area is 166 Å². The van der Waals surface area contributed by atoms with Gasteiger partial charge in [0.05, 0.1) is 4.92 Å². The standard InChI is InChI=1S/C19H19N7O3/c27-19(23-15-2-1-3-16(10-15)26(28)29)14-4-7-24(8-5-14)17-11-18(22-12-21-17)25-9-6-20-13-25/h1-3,6,9-14H,4-5,7-8H2,(H,23,27). The molecule has 2 aromatic heterocycles. The molecule has 0 unspecified atom stereocenters. The maximum atomic E-state index is 12.6. The number of benzene rings is 1. The van der Waals surface area contributed by atoms with E-state index in [0.29, 0.717) is 31.6 Å². The van der Waals surface area contributed by atoms with Crippen molar-refractivity contribution in [2.45, 2.75) is 12.8 Å². The van der Waals surface area contributed by atoms with Gasteiger partial charge in [0.1, 0.15) is 24.3 Å². The lowest BCUT2D eigenvalue weighted by atomic mass is 9.96. The second kappa shape index (κ2) is 8.05. The van der Waals surface area contributed by atoms with E-state index < -0.39 is 4.92 Å². The molecule has 0 spiro atoms. The van der Waals surface area contributed by atoms with Crippen molar-refractivity contribution in [3.63, 3.8) is 0 Å². The summed E-state index contributed by atoms with van der Waals surface area (Å²) in [7, 11) is 0. The minimum absolute atomic E-state index is 0.0462. The number of carbonyl (C=O) groups is 1. The van der Waals surface area contributed by atoms with Crippen molar-refractivity contribution in [2.75, 3.05) is 23.3 Å². The first-order chi connectivity index (χ1) is 14.1. The molecule has 1 amide bonds. The third-order valence-electron chi connectivity index (χ3n) is 4.92. The molecule has 3 heterocycles. The van der Waals surface area contributed by atoms with Crippen LogP contribution in [0.1, 0.15) is 12.8 Å². The first kappa shape index (κ1) is 18.5. The minimum atomic E-state index is -0.478. The first-order valence-electron chi connectivity index (χ1n) is 9.21. The number of aromatic nitrogens is 4. The largest absolute Gasteiger partial charge is 0.356 e. The molecular formula is C19H19N7O3. The summed E-state index contributed by atoms with van der Waals surface area (Å²) >= 11 is 0. The molecule has 148 valence electrons. The molecule has 1 fully saturated rings. The molecular weight excluding hydrogens is 374 g/mol. The number of non-ortho nitro benzene ring substituents is 1. The Kier molecular flexibility index (Phi) is 5.14. The molecule has 0 saturated carbocycles. The number of hydrogen-bond donors (Lipinski definition) is 1. The van der Waals surface area contributed by atoms with Crippen LogP contribution >= 0.6 is 0 Å². The number of nitrogens with zero attached hydrogens (tertiary/aromatic N) is 6. The molecule has 1 aliphatic rings. The molecule has 1 aliphatic heterocycles. The van der Waals surface area contributed by atoms with Gasteiger partial charge in [-0.3, -0.25) is 19.5 Å². The summed E-state index contributed by atoms with van der Waals surface area (Å²) in [5.74, 6) is 1.27. The van der Waals surface area contributed by atoms with E-state index in [1.807, 2.05) is 16.8 Å². The molecule has 10 nitrogen and oxygen atoms in total. The molecule has 3 aromatic rings. The Balaban J connectivity index is 1.37. The predicted octanol–water partition coefficient (Wildman–Crippen LogP) is 2.43. The fourth-order valence-electron chi connectivity index (χ4n) is 3.36. The number of nitro benzene ring substituents is 1.